The van der Waals surface area contributed by atoms with Crippen molar-refractivity contribution in [3.63, 3.8) is 0 Å². The van der Waals surface area contributed by atoms with Crippen LogP contribution in [0.5, 0.6) is 0 Å². The normalized spacial score (nSPS) is 23.8. The molecular weight excluding hydrogens is 296 g/mol. The van der Waals surface area contributed by atoms with Crippen molar-refractivity contribution < 1.29 is 9.84 Å². The number of morpholine rings is 1. The second-order valence-corrected chi connectivity index (χ2v) is 5.29. The molecule has 0 amide bonds. The van der Waals surface area contributed by atoms with E-state index in [-0.39, 0.29) is 18.8 Å². The van der Waals surface area contributed by atoms with Gasteiger partial charge in [-0.25, -0.2) is 0 Å². The minimum Gasteiger partial charge on any atom is -0.394 e. The van der Waals surface area contributed by atoms with Crippen molar-refractivity contribution in [1.82, 2.24) is 0 Å². The number of hydrogen-bond acceptors (Lipinski definition) is 4. The van der Waals surface area contributed by atoms with Gasteiger partial charge >= 0.3 is 0 Å². The third-order valence-corrected chi connectivity index (χ3v) is 3.58. The zero-order valence-electron chi connectivity index (χ0n) is 10.1. The first-order valence-corrected chi connectivity index (χ1v) is 6.64. The Labute approximate surface area is 115 Å². The van der Waals surface area contributed by atoms with E-state index in [9.17, 15) is 5.11 Å². The number of anilines is 1. The molecule has 18 heavy (non-hydrogen) atoms. The van der Waals surface area contributed by atoms with Crippen LogP contribution in [0.1, 0.15) is 12.5 Å². The summed E-state index contributed by atoms with van der Waals surface area (Å²) in [6.07, 6.45) is -0.0743. The SMILES string of the molecule is CC1CN(c2ccc(C#N)cc2Br)CC(CO)O1. The van der Waals surface area contributed by atoms with Crippen LogP contribution in [0.2, 0.25) is 0 Å². The zero-order chi connectivity index (χ0) is 13.1. The Morgan fingerprint density at radius 2 is 2.33 bits per heavy atom. The molecule has 0 bridgehead atoms. The molecule has 2 rings (SSSR count). The number of halogens is 1. The quantitative estimate of drug-likeness (QED) is 0.906. The van der Waals surface area contributed by atoms with Crippen molar-refractivity contribution >= 4 is 21.6 Å². The molecule has 0 aliphatic carbocycles. The highest BCUT2D eigenvalue weighted by atomic mass is 79.9. The van der Waals surface area contributed by atoms with Crippen LogP contribution in [-0.4, -0.2) is 37.0 Å². The smallest absolute Gasteiger partial charge is 0.0992 e. The fraction of sp³-hybridized carbons (Fsp3) is 0.462. The first-order chi connectivity index (χ1) is 8.63. The number of nitriles is 1. The fourth-order valence-electron chi connectivity index (χ4n) is 2.18. The molecule has 1 N–H and O–H groups in total. The summed E-state index contributed by atoms with van der Waals surface area (Å²) in [7, 11) is 0. The number of aliphatic hydroxyl groups is 1. The van der Waals surface area contributed by atoms with E-state index < -0.39 is 0 Å². The van der Waals surface area contributed by atoms with Crippen LogP contribution in [0, 0.1) is 11.3 Å². The van der Waals surface area contributed by atoms with E-state index in [1.54, 1.807) is 6.07 Å². The topological polar surface area (TPSA) is 56.5 Å². The summed E-state index contributed by atoms with van der Waals surface area (Å²) in [6, 6.07) is 7.65. The van der Waals surface area contributed by atoms with Crippen molar-refractivity contribution in [2.75, 3.05) is 24.6 Å². The molecule has 1 aromatic carbocycles. The summed E-state index contributed by atoms with van der Waals surface area (Å²) in [6.45, 7) is 3.45. The van der Waals surface area contributed by atoms with Gasteiger partial charge < -0.3 is 14.7 Å². The maximum Gasteiger partial charge on any atom is 0.0992 e. The van der Waals surface area contributed by atoms with E-state index in [2.05, 4.69) is 26.9 Å². The molecule has 0 radical (unpaired) electrons. The van der Waals surface area contributed by atoms with Crippen LogP contribution in [0.15, 0.2) is 22.7 Å². The molecule has 0 saturated carbocycles. The van der Waals surface area contributed by atoms with Gasteiger partial charge in [0.2, 0.25) is 0 Å². The molecule has 4 nitrogen and oxygen atoms in total. The van der Waals surface area contributed by atoms with E-state index in [1.807, 2.05) is 19.1 Å². The number of ether oxygens (including phenoxy) is 1. The molecule has 1 saturated heterocycles. The molecule has 5 heteroatoms. The highest BCUT2D eigenvalue weighted by Gasteiger charge is 2.25. The van der Waals surface area contributed by atoms with Crippen molar-refractivity contribution in [3.05, 3.63) is 28.2 Å². The van der Waals surface area contributed by atoms with Crippen LogP contribution in [0.4, 0.5) is 5.69 Å². The van der Waals surface area contributed by atoms with Crippen LogP contribution in [-0.2, 0) is 4.74 Å². The Morgan fingerprint density at radius 3 is 2.94 bits per heavy atom. The van der Waals surface area contributed by atoms with Crippen molar-refractivity contribution in [2.24, 2.45) is 0 Å². The molecule has 0 spiro atoms. The Kier molecular flexibility index (Phi) is 4.23. The van der Waals surface area contributed by atoms with E-state index in [1.165, 1.54) is 0 Å². The first kappa shape index (κ1) is 13.3. The molecule has 2 atom stereocenters. The van der Waals surface area contributed by atoms with Crippen molar-refractivity contribution in [1.29, 1.82) is 5.26 Å². The number of rotatable bonds is 2. The third kappa shape index (κ3) is 2.83. The fourth-order valence-corrected chi connectivity index (χ4v) is 2.81. The summed E-state index contributed by atoms with van der Waals surface area (Å²) >= 11 is 3.49. The first-order valence-electron chi connectivity index (χ1n) is 5.85. The van der Waals surface area contributed by atoms with Gasteiger partial charge in [0.25, 0.3) is 0 Å². The molecule has 1 aromatic rings. The van der Waals surface area contributed by atoms with Gasteiger partial charge in [-0.15, -0.1) is 0 Å². The highest BCUT2D eigenvalue weighted by Crippen LogP contribution is 2.29. The summed E-state index contributed by atoms with van der Waals surface area (Å²) in [4.78, 5) is 2.17. The largest absolute Gasteiger partial charge is 0.394 e. The van der Waals surface area contributed by atoms with Crippen molar-refractivity contribution in [2.45, 2.75) is 19.1 Å². The van der Waals surface area contributed by atoms with E-state index >= 15 is 0 Å². The minimum absolute atomic E-state index is 0.0226. The average Bonchev–Trinajstić information content (AvgIpc) is 2.37. The summed E-state index contributed by atoms with van der Waals surface area (Å²) in [5.41, 5.74) is 1.66. The van der Waals surface area contributed by atoms with E-state index in [4.69, 9.17) is 10.00 Å². The Bertz CT molecular complexity index is 473. The van der Waals surface area contributed by atoms with Gasteiger partial charge in [-0.3, -0.25) is 0 Å². The molecule has 1 heterocycles. The molecule has 1 aliphatic heterocycles. The average molecular weight is 311 g/mol. The van der Waals surface area contributed by atoms with Crippen LogP contribution in [0.3, 0.4) is 0 Å². The monoisotopic (exact) mass is 310 g/mol. The van der Waals surface area contributed by atoms with Crippen LogP contribution >= 0.6 is 15.9 Å². The van der Waals surface area contributed by atoms with Crippen LogP contribution in [0.25, 0.3) is 0 Å². The number of nitrogens with zero attached hydrogens (tertiary/aromatic N) is 2. The summed E-state index contributed by atoms with van der Waals surface area (Å²) in [5.74, 6) is 0. The molecule has 1 aliphatic rings. The van der Waals surface area contributed by atoms with E-state index in [0.717, 1.165) is 16.7 Å². The minimum atomic E-state index is -0.156. The lowest BCUT2D eigenvalue weighted by Gasteiger charge is -2.38. The molecule has 0 aromatic heterocycles. The Balaban J connectivity index is 2.23. The Hall–Kier alpha value is -1.09. The summed E-state index contributed by atoms with van der Waals surface area (Å²) in [5, 5.41) is 18.1. The predicted octanol–water partition coefficient (Wildman–Crippen LogP) is 1.91. The molecular formula is C13H15BrN2O2. The number of aliphatic hydroxyl groups excluding tert-OH is 1. The lowest BCUT2D eigenvalue weighted by Crippen LogP contribution is -2.48. The van der Waals surface area contributed by atoms with Gasteiger partial charge in [0.15, 0.2) is 0 Å². The van der Waals surface area contributed by atoms with Gasteiger partial charge in [-0.2, -0.15) is 5.26 Å². The zero-order valence-corrected chi connectivity index (χ0v) is 11.7. The number of hydrogen-bond donors (Lipinski definition) is 1. The molecule has 2 unspecified atom stereocenters. The van der Waals surface area contributed by atoms with Crippen molar-refractivity contribution in [3.8, 4) is 6.07 Å². The second-order valence-electron chi connectivity index (χ2n) is 4.43. The lowest BCUT2D eigenvalue weighted by atomic mass is 10.1. The van der Waals surface area contributed by atoms with Gasteiger partial charge in [-0.1, -0.05) is 0 Å². The predicted molar refractivity (Wildman–Crippen MR) is 72.5 cm³/mol. The maximum atomic E-state index is 9.22. The molecule has 96 valence electrons. The standard InChI is InChI=1S/C13H15BrN2O2/c1-9-6-16(7-11(8-17)18-9)13-3-2-10(5-15)4-12(13)14/h2-4,9,11,17H,6-8H2,1H3. The van der Waals surface area contributed by atoms with Gasteiger partial charge in [-0.05, 0) is 41.1 Å². The lowest BCUT2D eigenvalue weighted by molar-refractivity contribution is -0.0421. The molecule has 1 fully saturated rings. The highest BCUT2D eigenvalue weighted by molar-refractivity contribution is 9.10. The van der Waals surface area contributed by atoms with Crippen LogP contribution < -0.4 is 4.90 Å². The Morgan fingerprint density at radius 1 is 1.56 bits per heavy atom. The third-order valence-electron chi connectivity index (χ3n) is 2.95. The maximum absolute atomic E-state index is 9.22. The van der Waals surface area contributed by atoms with Gasteiger partial charge in [0, 0.05) is 17.6 Å². The van der Waals surface area contributed by atoms with Gasteiger partial charge in [0.05, 0.1) is 36.1 Å². The van der Waals surface area contributed by atoms with E-state index in [0.29, 0.717) is 12.1 Å². The number of benzene rings is 1. The second kappa shape index (κ2) is 5.70. The van der Waals surface area contributed by atoms with Gasteiger partial charge in [0.1, 0.15) is 0 Å². The summed E-state index contributed by atoms with van der Waals surface area (Å²) < 4.78 is 6.51.